The topological polar surface area (TPSA) is 55.1 Å². The molecule has 0 spiro atoms. The number of nitrogen functional groups attached to an aromatic ring is 1. The van der Waals surface area contributed by atoms with Crippen LogP contribution in [-0.2, 0) is 0 Å². The first-order chi connectivity index (χ1) is 9.06. The lowest BCUT2D eigenvalue weighted by Gasteiger charge is -2.16. The maximum atomic E-state index is 13.3. The molecule has 1 aliphatic carbocycles. The molecule has 1 fully saturated rings. The molecule has 0 aliphatic heterocycles. The van der Waals surface area contributed by atoms with Gasteiger partial charge in [-0.15, -0.1) is 0 Å². The Hall–Kier alpha value is -1.58. The Morgan fingerprint density at radius 2 is 2.11 bits per heavy atom. The number of rotatable bonds is 2. The monoisotopic (exact) mass is 264 g/mol. The van der Waals surface area contributed by atoms with Crippen molar-refractivity contribution in [1.82, 2.24) is 5.32 Å². The van der Waals surface area contributed by atoms with Gasteiger partial charge in [0.05, 0.1) is 5.69 Å². The molecule has 0 saturated heterocycles. The largest absolute Gasteiger partial charge is 0.396 e. The SMILES string of the molecule is CC1CCCC(NC(=O)c2ccc(N)c(F)c2)CC1. The smallest absolute Gasteiger partial charge is 0.251 e. The summed E-state index contributed by atoms with van der Waals surface area (Å²) in [6.07, 6.45) is 5.52. The first kappa shape index (κ1) is 13.8. The molecule has 0 heterocycles. The second-order valence-corrected chi connectivity index (χ2v) is 5.52. The fraction of sp³-hybridized carbons (Fsp3) is 0.533. The summed E-state index contributed by atoms with van der Waals surface area (Å²) in [5.41, 5.74) is 5.81. The van der Waals surface area contributed by atoms with Crippen LogP contribution in [0.4, 0.5) is 10.1 Å². The molecule has 4 heteroatoms. The van der Waals surface area contributed by atoms with E-state index in [1.54, 1.807) is 6.07 Å². The van der Waals surface area contributed by atoms with Gasteiger partial charge in [-0.1, -0.05) is 19.8 Å². The molecule has 0 bridgehead atoms. The number of amides is 1. The molecule has 0 aromatic heterocycles. The maximum Gasteiger partial charge on any atom is 0.251 e. The van der Waals surface area contributed by atoms with Crippen molar-refractivity contribution in [1.29, 1.82) is 0 Å². The summed E-state index contributed by atoms with van der Waals surface area (Å²) in [5, 5.41) is 3.00. The van der Waals surface area contributed by atoms with Gasteiger partial charge in [-0.25, -0.2) is 4.39 Å². The molecular weight excluding hydrogens is 243 g/mol. The zero-order valence-corrected chi connectivity index (χ0v) is 11.3. The van der Waals surface area contributed by atoms with Crippen LogP contribution in [0.15, 0.2) is 18.2 Å². The van der Waals surface area contributed by atoms with E-state index in [1.807, 2.05) is 0 Å². The van der Waals surface area contributed by atoms with Gasteiger partial charge in [0.25, 0.3) is 5.91 Å². The summed E-state index contributed by atoms with van der Waals surface area (Å²) in [7, 11) is 0. The van der Waals surface area contributed by atoms with Crippen molar-refractivity contribution in [2.45, 2.75) is 45.1 Å². The molecule has 1 aromatic carbocycles. The first-order valence-corrected chi connectivity index (χ1v) is 6.92. The third kappa shape index (κ3) is 3.69. The summed E-state index contributed by atoms with van der Waals surface area (Å²) >= 11 is 0. The van der Waals surface area contributed by atoms with E-state index in [1.165, 1.54) is 18.6 Å². The van der Waals surface area contributed by atoms with Crippen molar-refractivity contribution < 1.29 is 9.18 Å². The summed E-state index contributed by atoms with van der Waals surface area (Å²) < 4.78 is 13.3. The molecule has 104 valence electrons. The Kier molecular flexibility index (Phi) is 4.40. The van der Waals surface area contributed by atoms with Crippen LogP contribution >= 0.6 is 0 Å². The lowest BCUT2D eigenvalue weighted by Crippen LogP contribution is -2.34. The van der Waals surface area contributed by atoms with Crippen molar-refractivity contribution in [2.75, 3.05) is 5.73 Å². The van der Waals surface area contributed by atoms with E-state index in [9.17, 15) is 9.18 Å². The number of carbonyl (C=O) groups excluding carboxylic acids is 1. The number of hydrogen-bond acceptors (Lipinski definition) is 2. The number of anilines is 1. The number of hydrogen-bond donors (Lipinski definition) is 2. The van der Waals surface area contributed by atoms with Crippen LogP contribution in [0.5, 0.6) is 0 Å². The van der Waals surface area contributed by atoms with E-state index < -0.39 is 5.82 Å². The second-order valence-electron chi connectivity index (χ2n) is 5.52. The van der Waals surface area contributed by atoms with Gasteiger partial charge >= 0.3 is 0 Å². The Balaban J connectivity index is 1.98. The molecule has 2 unspecified atom stereocenters. The standard InChI is InChI=1S/C15H21FN2O/c1-10-3-2-4-12(7-5-10)18-15(19)11-6-8-14(17)13(16)9-11/h6,8-10,12H,2-5,7,17H2,1H3,(H,18,19). The van der Waals surface area contributed by atoms with Crippen molar-refractivity contribution in [2.24, 2.45) is 5.92 Å². The second kappa shape index (κ2) is 6.04. The molecule has 19 heavy (non-hydrogen) atoms. The molecule has 1 saturated carbocycles. The van der Waals surface area contributed by atoms with Gasteiger partial charge in [0.15, 0.2) is 0 Å². The summed E-state index contributed by atoms with van der Waals surface area (Å²) in [6.45, 7) is 2.25. The van der Waals surface area contributed by atoms with Crippen molar-refractivity contribution >= 4 is 11.6 Å². The average Bonchev–Trinajstić information content (AvgIpc) is 2.58. The Bertz CT molecular complexity index is 461. The minimum atomic E-state index is -0.540. The zero-order chi connectivity index (χ0) is 13.8. The highest BCUT2D eigenvalue weighted by Crippen LogP contribution is 2.23. The fourth-order valence-electron chi connectivity index (χ4n) is 2.57. The summed E-state index contributed by atoms with van der Waals surface area (Å²) in [5.74, 6) is -0.0172. The molecule has 1 aromatic rings. The van der Waals surface area contributed by atoms with Gasteiger partial charge in [-0.3, -0.25) is 4.79 Å². The number of carbonyl (C=O) groups is 1. The third-order valence-corrected chi connectivity index (χ3v) is 3.86. The van der Waals surface area contributed by atoms with Gasteiger partial charge in [0, 0.05) is 11.6 Å². The highest BCUT2D eigenvalue weighted by Gasteiger charge is 2.18. The van der Waals surface area contributed by atoms with Crippen molar-refractivity contribution in [3.63, 3.8) is 0 Å². The predicted molar refractivity (Wildman–Crippen MR) is 74.3 cm³/mol. The van der Waals surface area contributed by atoms with E-state index in [-0.39, 0.29) is 17.6 Å². The van der Waals surface area contributed by atoms with Crippen molar-refractivity contribution in [3.8, 4) is 0 Å². The van der Waals surface area contributed by atoms with Crippen LogP contribution in [0.1, 0.15) is 49.4 Å². The average molecular weight is 264 g/mol. The van der Waals surface area contributed by atoms with Crippen LogP contribution in [0.3, 0.4) is 0 Å². The molecule has 3 nitrogen and oxygen atoms in total. The molecule has 1 aliphatic rings. The highest BCUT2D eigenvalue weighted by molar-refractivity contribution is 5.94. The first-order valence-electron chi connectivity index (χ1n) is 6.92. The van der Waals surface area contributed by atoms with E-state index in [4.69, 9.17) is 5.73 Å². The van der Waals surface area contributed by atoms with Gasteiger partial charge < -0.3 is 11.1 Å². The minimum Gasteiger partial charge on any atom is -0.396 e. The zero-order valence-electron chi connectivity index (χ0n) is 11.3. The third-order valence-electron chi connectivity index (χ3n) is 3.86. The van der Waals surface area contributed by atoms with Crippen LogP contribution in [0.25, 0.3) is 0 Å². The Morgan fingerprint density at radius 3 is 2.84 bits per heavy atom. The lowest BCUT2D eigenvalue weighted by molar-refractivity contribution is 0.0932. The number of nitrogens with one attached hydrogen (secondary N) is 1. The quantitative estimate of drug-likeness (QED) is 0.637. The highest BCUT2D eigenvalue weighted by atomic mass is 19.1. The normalized spacial score (nSPS) is 23.7. The van der Waals surface area contributed by atoms with Gasteiger partial charge in [0.1, 0.15) is 5.82 Å². The van der Waals surface area contributed by atoms with Crippen LogP contribution in [0, 0.1) is 11.7 Å². The Labute approximate surface area is 113 Å². The van der Waals surface area contributed by atoms with Gasteiger partial charge in [0.2, 0.25) is 0 Å². The van der Waals surface area contributed by atoms with Crippen molar-refractivity contribution in [3.05, 3.63) is 29.6 Å². The van der Waals surface area contributed by atoms with Gasteiger partial charge in [-0.05, 0) is 43.4 Å². The van der Waals surface area contributed by atoms with E-state index >= 15 is 0 Å². The number of benzene rings is 1. The molecule has 2 atom stereocenters. The van der Waals surface area contributed by atoms with Crippen LogP contribution < -0.4 is 11.1 Å². The van der Waals surface area contributed by atoms with E-state index in [0.29, 0.717) is 5.56 Å². The lowest BCUT2D eigenvalue weighted by atomic mass is 10.0. The van der Waals surface area contributed by atoms with Gasteiger partial charge in [-0.2, -0.15) is 0 Å². The van der Waals surface area contributed by atoms with Crippen LogP contribution in [0.2, 0.25) is 0 Å². The van der Waals surface area contributed by atoms with E-state index in [2.05, 4.69) is 12.2 Å². The van der Waals surface area contributed by atoms with E-state index in [0.717, 1.165) is 31.6 Å². The predicted octanol–water partition coefficient (Wildman–Crippen LogP) is 3.11. The molecule has 0 radical (unpaired) electrons. The maximum absolute atomic E-state index is 13.3. The summed E-state index contributed by atoms with van der Waals surface area (Å²) in [4.78, 5) is 12.1. The Morgan fingerprint density at radius 1 is 1.32 bits per heavy atom. The summed E-state index contributed by atoms with van der Waals surface area (Å²) in [6, 6.07) is 4.40. The molecule has 2 rings (SSSR count). The molecule has 1 amide bonds. The number of nitrogens with two attached hydrogens (primary N) is 1. The minimum absolute atomic E-state index is 0.0693. The molecule has 3 N–H and O–H groups in total. The van der Waals surface area contributed by atoms with Crippen LogP contribution in [-0.4, -0.2) is 11.9 Å². The fourth-order valence-corrected chi connectivity index (χ4v) is 2.57. The number of halogens is 1. The molecular formula is C15H21FN2O.